The van der Waals surface area contributed by atoms with Gasteiger partial charge in [-0.1, -0.05) is 56.1 Å². The Labute approximate surface area is 191 Å². The third kappa shape index (κ3) is 6.97. The second-order valence-corrected chi connectivity index (χ2v) is 12.2. The standard InChI is InChI=1S/C24H33ClN2O3S/c1-17-8-12-20(13-9-17)31(29,30)27(19-11-10-18(2)21(25)14-19)15-22(28)26-24(6,7)16-23(3,4)5/h8-14H,15-16H2,1-7H3,(H,26,28). The lowest BCUT2D eigenvalue weighted by Crippen LogP contribution is -2.50. The van der Waals surface area contributed by atoms with Crippen molar-refractivity contribution < 1.29 is 13.2 Å². The first-order chi connectivity index (χ1) is 14.1. The van der Waals surface area contributed by atoms with Crippen LogP contribution in [-0.2, 0) is 14.8 Å². The van der Waals surface area contributed by atoms with Gasteiger partial charge in [-0.2, -0.15) is 0 Å². The van der Waals surface area contributed by atoms with Crippen LogP contribution in [0.15, 0.2) is 47.4 Å². The highest BCUT2D eigenvalue weighted by Crippen LogP contribution is 2.29. The summed E-state index contributed by atoms with van der Waals surface area (Å²) in [5, 5.41) is 3.43. The van der Waals surface area contributed by atoms with Crippen molar-refractivity contribution in [3.05, 3.63) is 58.6 Å². The minimum Gasteiger partial charge on any atom is -0.350 e. The van der Waals surface area contributed by atoms with Crippen LogP contribution >= 0.6 is 11.6 Å². The summed E-state index contributed by atoms with van der Waals surface area (Å²) in [6.07, 6.45) is 0.743. The van der Waals surface area contributed by atoms with Gasteiger partial charge in [-0.25, -0.2) is 8.42 Å². The fraction of sp³-hybridized carbons (Fsp3) is 0.458. The predicted molar refractivity (Wildman–Crippen MR) is 128 cm³/mol. The number of anilines is 1. The minimum atomic E-state index is -3.97. The number of hydrogen-bond donors (Lipinski definition) is 1. The molecule has 0 unspecified atom stereocenters. The number of nitrogens with zero attached hydrogens (tertiary/aromatic N) is 1. The summed E-state index contributed by atoms with van der Waals surface area (Å²) in [5.41, 5.74) is 1.65. The molecule has 2 aromatic carbocycles. The molecule has 2 rings (SSSR count). The molecule has 0 aliphatic carbocycles. The number of carbonyl (C=O) groups is 1. The monoisotopic (exact) mass is 464 g/mol. The van der Waals surface area contributed by atoms with Crippen LogP contribution in [0.3, 0.4) is 0 Å². The van der Waals surface area contributed by atoms with Crippen molar-refractivity contribution >= 4 is 33.2 Å². The zero-order valence-corrected chi connectivity index (χ0v) is 21.0. The van der Waals surface area contributed by atoms with E-state index in [2.05, 4.69) is 26.1 Å². The molecule has 7 heteroatoms. The molecule has 0 aliphatic rings. The Balaban J connectivity index is 2.42. The molecule has 0 heterocycles. The van der Waals surface area contributed by atoms with Gasteiger partial charge in [0.25, 0.3) is 10.0 Å². The third-order valence-corrected chi connectivity index (χ3v) is 6.98. The normalized spacial score (nSPS) is 12.5. The Morgan fingerprint density at radius 2 is 1.58 bits per heavy atom. The van der Waals surface area contributed by atoms with Gasteiger partial charge in [0, 0.05) is 10.6 Å². The number of benzene rings is 2. The van der Waals surface area contributed by atoms with Crippen molar-refractivity contribution in [2.45, 2.75) is 65.3 Å². The van der Waals surface area contributed by atoms with E-state index < -0.39 is 15.6 Å². The maximum atomic E-state index is 13.5. The Kier molecular flexibility index (Phi) is 7.49. The Hall–Kier alpha value is -2.05. The van der Waals surface area contributed by atoms with Gasteiger partial charge >= 0.3 is 0 Å². The zero-order valence-electron chi connectivity index (χ0n) is 19.4. The largest absolute Gasteiger partial charge is 0.350 e. The van der Waals surface area contributed by atoms with E-state index in [0.29, 0.717) is 10.7 Å². The second-order valence-electron chi connectivity index (χ2n) is 9.93. The summed E-state index contributed by atoms with van der Waals surface area (Å²) in [4.78, 5) is 13.1. The van der Waals surface area contributed by atoms with Gasteiger partial charge in [0.05, 0.1) is 10.6 Å². The summed E-state index contributed by atoms with van der Waals surface area (Å²) in [5.74, 6) is -0.373. The Bertz CT molecular complexity index is 1040. The number of carbonyl (C=O) groups excluding carboxylic acids is 1. The van der Waals surface area contributed by atoms with Crippen LogP contribution in [0.5, 0.6) is 0 Å². The molecule has 0 atom stereocenters. The van der Waals surface area contributed by atoms with E-state index in [-0.39, 0.29) is 22.8 Å². The predicted octanol–water partition coefficient (Wildman–Crippen LogP) is 5.48. The van der Waals surface area contributed by atoms with Crippen molar-refractivity contribution in [2.75, 3.05) is 10.8 Å². The first-order valence-electron chi connectivity index (χ1n) is 10.3. The lowest BCUT2D eigenvalue weighted by Gasteiger charge is -2.34. The summed E-state index contributed by atoms with van der Waals surface area (Å²) in [7, 11) is -3.97. The number of aryl methyl sites for hydroxylation is 2. The van der Waals surface area contributed by atoms with E-state index in [9.17, 15) is 13.2 Å². The summed E-state index contributed by atoms with van der Waals surface area (Å²) >= 11 is 6.27. The summed E-state index contributed by atoms with van der Waals surface area (Å²) in [6, 6.07) is 11.6. The van der Waals surface area contributed by atoms with E-state index in [1.165, 1.54) is 0 Å². The molecule has 0 radical (unpaired) electrons. The number of sulfonamides is 1. The van der Waals surface area contributed by atoms with Crippen LogP contribution in [0.25, 0.3) is 0 Å². The van der Waals surface area contributed by atoms with Crippen LogP contribution in [0.1, 0.15) is 52.2 Å². The zero-order chi connectivity index (χ0) is 23.6. The molecule has 0 spiro atoms. The third-order valence-electron chi connectivity index (χ3n) is 4.79. The highest BCUT2D eigenvalue weighted by Gasteiger charge is 2.31. The van der Waals surface area contributed by atoms with Crippen molar-refractivity contribution in [1.82, 2.24) is 5.32 Å². The molecule has 31 heavy (non-hydrogen) atoms. The highest BCUT2D eigenvalue weighted by atomic mass is 35.5. The lowest BCUT2D eigenvalue weighted by molar-refractivity contribution is -0.121. The van der Waals surface area contributed by atoms with Crippen LogP contribution < -0.4 is 9.62 Å². The van der Waals surface area contributed by atoms with E-state index in [1.54, 1.807) is 42.5 Å². The molecule has 0 saturated heterocycles. The first kappa shape index (κ1) is 25.2. The maximum absolute atomic E-state index is 13.5. The molecule has 0 saturated carbocycles. The number of halogens is 1. The van der Waals surface area contributed by atoms with E-state index in [0.717, 1.165) is 21.9 Å². The summed E-state index contributed by atoms with van der Waals surface area (Å²) in [6.45, 7) is 13.6. The molecule has 1 N–H and O–H groups in total. The topological polar surface area (TPSA) is 66.5 Å². The minimum absolute atomic E-state index is 0.00885. The van der Waals surface area contributed by atoms with Gasteiger partial charge in [0.2, 0.25) is 5.91 Å². The number of rotatable bonds is 7. The fourth-order valence-electron chi connectivity index (χ4n) is 3.81. The Morgan fingerprint density at radius 3 is 2.10 bits per heavy atom. The van der Waals surface area contributed by atoms with Gasteiger partial charge < -0.3 is 5.32 Å². The number of amides is 1. The van der Waals surface area contributed by atoms with E-state index >= 15 is 0 Å². The molecule has 0 bridgehead atoms. The molecule has 0 aliphatic heterocycles. The summed E-state index contributed by atoms with van der Waals surface area (Å²) < 4.78 is 28.1. The molecule has 1 amide bonds. The van der Waals surface area contributed by atoms with Gasteiger partial charge in [-0.3, -0.25) is 9.10 Å². The van der Waals surface area contributed by atoms with E-state index in [1.807, 2.05) is 27.7 Å². The molecule has 170 valence electrons. The average Bonchev–Trinajstić information content (AvgIpc) is 2.60. The number of nitrogens with one attached hydrogen (secondary N) is 1. The highest BCUT2D eigenvalue weighted by molar-refractivity contribution is 7.92. The quantitative estimate of drug-likeness (QED) is 0.589. The molecule has 0 aromatic heterocycles. The fourth-order valence-corrected chi connectivity index (χ4v) is 5.39. The molecule has 2 aromatic rings. The Morgan fingerprint density at radius 1 is 1.00 bits per heavy atom. The smallest absolute Gasteiger partial charge is 0.264 e. The van der Waals surface area contributed by atoms with Gasteiger partial charge in [0.15, 0.2) is 0 Å². The number of hydrogen-bond acceptors (Lipinski definition) is 3. The molecule has 0 fully saturated rings. The SMILES string of the molecule is Cc1ccc(S(=O)(=O)N(CC(=O)NC(C)(C)CC(C)(C)C)c2ccc(C)c(Cl)c2)cc1. The van der Waals surface area contributed by atoms with Crippen LogP contribution in [0.2, 0.25) is 5.02 Å². The molecular weight excluding hydrogens is 432 g/mol. The van der Waals surface area contributed by atoms with Crippen molar-refractivity contribution in [3.63, 3.8) is 0 Å². The average molecular weight is 465 g/mol. The van der Waals surface area contributed by atoms with Gasteiger partial charge in [0.1, 0.15) is 6.54 Å². The molecule has 5 nitrogen and oxygen atoms in total. The van der Waals surface area contributed by atoms with Gasteiger partial charge in [-0.05, 0) is 69.4 Å². The van der Waals surface area contributed by atoms with Crippen molar-refractivity contribution in [2.24, 2.45) is 5.41 Å². The van der Waals surface area contributed by atoms with Crippen molar-refractivity contribution in [3.8, 4) is 0 Å². The van der Waals surface area contributed by atoms with Crippen molar-refractivity contribution in [1.29, 1.82) is 0 Å². The van der Waals surface area contributed by atoms with Gasteiger partial charge in [-0.15, -0.1) is 0 Å². The van der Waals surface area contributed by atoms with Crippen LogP contribution in [-0.4, -0.2) is 26.4 Å². The lowest BCUT2D eigenvalue weighted by atomic mass is 9.82. The van der Waals surface area contributed by atoms with Crippen LogP contribution in [0.4, 0.5) is 5.69 Å². The van der Waals surface area contributed by atoms with Crippen LogP contribution in [0, 0.1) is 19.3 Å². The maximum Gasteiger partial charge on any atom is 0.264 e. The van der Waals surface area contributed by atoms with E-state index in [4.69, 9.17) is 11.6 Å². The molecular formula is C24H33ClN2O3S. The second kappa shape index (κ2) is 9.21. The first-order valence-corrected chi connectivity index (χ1v) is 12.1.